The number of hydrogen-bond acceptors (Lipinski definition) is 3. The molecular formula is C10H22N2O. The molecule has 0 aromatic heterocycles. The minimum absolute atomic E-state index is 0.214. The summed E-state index contributed by atoms with van der Waals surface area (Å²) in [5.74, 6) is 0. The van der Waals surface area contributed by atoms with E-state index < -0.39 is 0 Å². The average Bonchev–Trinajstić information content (AvgIpc) is 2.04. The van der Waals surface area contributed by atoms with Gasteiger partial charge in [0.25, 0.3) is 0 Å². The molecule has 2 atom stereocenters. The van der Waals surface area contributed by atoms with Crippen molar-refractivity contribution in [1.82, 2.24) is 10.2 Å². The summed E-state index contributed by atoms with van der Waals surface area (Å²) in [6.45, 7) is 4.83. The van der Waals surface area contributed by atoms with Crippen LogP contribution in [0.5, 0.6) is 0 Å². The molecule has 0 bridgehead atoms. The van der Waals surface area contributed by atoms with E-state index >= 15 is 0 Å². The third kappa shape index (κ3) is 4.60. The van der Waals surface area contributed by atoms with E-state index in [2.05, 4.69) is 17.3 Å². The predicted molar refractivity (Wildman–Crippen MR) is 54.8 cm³/mol. The second-order valence-corrected chi connectivity index (χ2v) is 4.22. The number of aliphatic hydroxyl groups excluding tert-OH is 1. The van der Waals surface area contributed by atoms with Crippen LogP contribution in [0.2, 0.25) is 0 Å². The molecule has 0 aliphatic carbocycles. The molecule has 78 valence electrons. The number of aliphatic hydroxyl groups is 1. The van der Waals surface area contributed by atoms with Gasteiger partial charge in [0.05, 0.1) is 6.10 Å². The topological polar surface area (TPSA) is 35.5 Å². The van der Waals surface area contributed by atoms with Gasteiger partial charge in [-0.25, -0.2) is 0 Å². The average molecular weight is 186 g/mol. The highest BCUT2D eigenvalue weighted by Gasteiger charge is 2.14. The molecule has 0 aromatic rings. The van der Waals surface area contributed by atoms with Gasteiger partial charge in [0.1, 0.15) is 0 Å². The van der Waals surface area contributed by atoms with Crippen LogP contribution in [0.15, 0.2) is 0 Å². The molecule has 0 amide bonds. The first-order chi connectivity index (χ1) is 6.18. The Morgan fingerprint density at radius 2 is 2.31 bits per heavy atom. The maximum atomic E-state index is 9.19. The Morgan fingerprint density at radius 1 is 1.54 bits per heavy atom. The Hall–Kier alpha value is -0.120. The van der Waals surface area contributed by atoms with E-state index in [9.17, 15) is 5.11 Å². The molecular weight excluding hydrogens is 164 g/mol. The van der Waals surface area contributed by atoms with Crippen molar-refractivity contribution in [3.63, 3.8) is 0 Å². The molecule has 1 heterocycles. The van der Waals surface area contributed by atoms with Crippen LogP contribution in [-0.2, 0) is 0 Å². The Labute approximate surface area is 81.1 Å². The number of nitrogens with zero attached hydrogens (tertiary/aromatic N) is 1. The summed E-state index contributed by atoms with van der Waals surface area (Å²) in [5, 5.41) is 12.7. The summed E-state index contributed by atoms with van der Waals surface area (Å²) in [4.78, 5) is 2.20. The molecule has 0 spiro atoms. The monoisotopic (exact) mass is 186 g/mol. The molecule has 1 rings (SSSR count). The van der Waals surface area contributed by atoms with Crippen molar-refractivity contribution in [2.45, 2.75) is 38.3 Å². The summed E-state index contributed by atoms with van der Waals surface area (Å²) in [6, 6.07) is 0.637. The van der Waals surface area contributed by atoms with Crippen LogP contribution in [0.3, 0.4) is 0 Å². The van der Waals surface area contributed by atoms with Gasteiger partial charge in [-0.15, -0.1) is 0 Å². The van der Waals surface area contributed by atoms with Crippen molar-refractivity contribution >= 4 is 0 Å². The van der Waals surface area contributed by atoms with Gasteiger partial charge in [0.2, 0.25) is 0 Å². The van der Waals surface area contributed by atoms with Crippen molar-refractivity contribution in [2.75, 3.05) is 26.7 Å². The minimum atomic E-state index is -0.214. The van der Waals surface area contributed by atoms with E-state index in [4.69, 9.17) is 0 Å². The van der Waals surface area contributed by atoms with Crippen molar-refractivity contribution < 1.29 is 5.11 Å². The SMILES string of the molecule is CC(O)CN(C)CC1CCCCN1. The van der Waals surface area contributed by atoms with Crippen LogP contribution < -0.4 is 5.32 Å². The molecule has 1 fully saturated rings. The summed E-state index contributed by atoms with van der Waals surface area (Å²) in [7, 11) is 2.07. The molecule has 3 heteroatoms. The zero-order valence-electron chi connectivity index (χ0n) is 8.79. The molecule has 13 heavy (non-hydrogen) atoms. The predicted octanol–water partition coefficient (Wildman–Crippen LogP) is 0.441. The van der Waals surface area contributed by atoms with E-state index in [1.165, 1.54) is 19.3 Å². The van der Waals surface area contributed by atoms with Crippen molar-refractivity contribution in [1.29, 1.82) is 0 Å². The Morgan fingerprint density at radius 3 is 2.85 bits per heavy atom. The van der Waals surface area contributed by atoms with Crippen molar-refractivity contribution in [2.24, 2.45) is 0 Å². The quantitative estimate of drug-likeness (QED) is 0.669. The summed E-state index contributed by atoms with van der Waals surface area (Å²) in [6.07, 6.45) is 3.73. The second-order valence-electron chi connectivity index (χ2n) is 4.22. The number of hydrogen-bond donors (Lipinski definition) is 2. The number of rotatable bonds is 4. The molecule has 1 saturated heterocycles. The van der Waals surface area contributed by atoms with Crippen molar-refractivity contribution in [3.8, 4) is 0 Å². The first kappa shape index (κ1) is 11.0. The highest BCUT2D eigenvalue weighted by molar-refractivity contribution is 4.75. The first-order valence-corrected chi connectivity index (χ1v) is 5.28. The van der Waals surface area contributed by atoms with Crippen LogP contribution in [0.25, 0.3) is 0 Å². The van der Waals surface area contributed by atoms with E-state index in [1.807, 2.05) is 6.92 Å². The summed E-state index contributed by atoms with van der Waals surface area (Å²) in [5.41, 5.74) is 0. The largest absolute Gasteiger partial charge is 0.392 e. The van der Waals surface area contributed by atoms with Gasteiger partial charge in [-0.05, 0) is 33.4 Å². The Kier molecular flexibility index (Phi) is 4.70. The van der Waals surface area contributed by atoms with E-state index in [-0.39, 0.29) is 6.10 Å². The molecule has 0 radical (unpaired) electrons. The minimum Gasteiger partial charge on any atom is -0.392 e. The van der Waals surface area contributed by atoms with Crippen molar-refractivity contribution in [3.05, 3.63) is 0 Å². The van der Waals surface area contributed by atoms with Gasteiger partial charge >= 0.3 is 0 Å². The molecule has 0 saturated carbocycles. The highest BCUT2D eigenvalue weighted by atomic mass is 16.3. The molecule has 1 aliphatic heterocycles. The number of piperidine rings is 1. The number of likely N-dealkylation sites (N-methyl/N-ethyl adjacent to an activating group) is 1. The fraction of sp³-hybridized carbons (Fsp3) is 1.00. The Bertz CT molecular complexity index is 133. The van der Waals surface area contributed by atoms with Crippen LogP contribution >= 0.6 is 0 Å². The molecule has 3 nitrogen and oxygen atoms in total. The fourth-order valence-electron chi connectivity index (χ4n) is 1.98. The standard InChI is InChI=1S/C10H22N2O/c1-9(13)7-12(2)8-10-5-3-4-6-11-10/h9-11,13H,3-8H2,1-2H3. The van der Waals surface area contributed by atoms with Gasteiger partial charge in [-0.3, -0.25) is 0 Å². The third-order valence-electron chi connectivity index (χ3n) is 2.52. The normalized spacial score (nSPS) is 26.3. The number of nitrogens with one attached hydrogen (secondary N) is 1. The van der Waals surface area contributed by atoms with Gasteiger partial charge in [0, 0.05) is 19.1 Å². The lowest BCUT2D eigenvalue weighted by atomic mass is 10.0. The van der Waals surface area contributed by atoms with Crippen LogP contribution in [0, 0.1) is 0 Å². The van der Waals surface area contributed by atoms with E-state index in [0.29, 0.717) is 6.04 Å². The fourth-order valence-corrected chi connectivity index (χ4v) is 1.98. The molecule has 2 unspecified atom stereocenters. The van der Waals surface area contributed by atoms with Gasteiger partial charge < -0.3 is 15.3 Å². The van der Waals surface area contributed by atoms with Crippen LogP contribution in [0.1, 0.15) is 26.2 Å². The van der Waals surface area contributed by atoms with E-state index in [1.54, 1.807) is 0 Å². The van der Waals surface area contributed by atoms with E-state index in [0.717, 1.165) is 19.6 Å². The molecule has 2 N–H and O–H groups in total. The zero-order valence-corrected chi connectivity index (χ0v) is 8.79. The lowest BCUT2D eigenvalue weighted by Gasteiger charge is -2.28. The maximum absolute atomic E-state index is 9.19. The maximum Gasteiger partial charge on any atom is 0.0638 e. The molecule has 1 aliphatic rings. The van der Waals surface area contributed by atoms with Crippen LogP contribution in [-0.4, -0.2) is 48.8 Å². The van der Waals surface area contributed by atoms with Gasteiger partial charge in [0.15, 0.2) is 0 Å². The highest BCUT2D eigenvalue weighted by Crippen LogP contribution is 2.07. The van der Waals surface area contributed by atoms with Gasteiger partial charge in [-0.2, -0.15) is 0 Å². The van der Waals surface area contributed by atoms with Gasteiger partial charge in [-0.1, -0.05) is 6.42 Å². The summed E-state index contributed by atoms with van der Waals surface area (Å²) < 4.78 is 0. The van der Waals surface area contributed by atoms with Crippen LogP contribution in [0.4, 0.5) is 0 Å². The smallest absolute Gasteiger partial charge is 0.0638 e. The Balaban J connectivity index is 2.14. The zero-order chi connectivity index (χ0) is 9.68. The third-order valence-corrected chi connectivity index (χ3v) is 2.52. The second kappa shape index (κ2) is 5.58. The summed E-state index contributed by atoms with van der Waals surface area (Å²) >= 11 is 0. The lowest BCUT2D eigenvalue weighted by molar-refractivity contribution is 0.132. The lowest BCUT2D eigenvalue weighted by Crippen LogP contribution is -2.43. The molecule has 0 aromatic carbocycles. The first-order valence-electron chi connectivity index (χ1n) is 5.28.